The fourth-order valence-corrected chi connectivity index (χ4v) is 8.60. The summed E-state index contributed by atoms with van der Waals surface area (Å²) in [5.41, 5.74) is 16.5. The Bertz CT molecular complexity index is 1610. The molecule has 3 amide bonds. The van der Waals surface area contributed by atoms with Gasteiger partial charge < -0.3 is 36.2 Å². The van der Waals surface area contributed by atoms with E-state index in [1.807, 2.05) is 6.07 Å². The van der Waals surface area contributed by atoms with E-state index in [1.54, 1.807) is 30.5 Å². The van der Waals surface area contributed by atoms with E-state index in [-0.39, 0.29) is 34.3 Å². The minimum absolute atomic E-state index is 0.132. The van der Waals surface area contributed by atoms with Crippen LogP contribution < -0.4 is 21.7 Å². The standard InChI is InChI=1S/C40H55N7O4/c1-29(7-12-37(50)43-28-48)31-8-10-32(11-9-31)45-17-13-30(14-18-45)23-44-24-40(25-44)26-47(27-40)38(51)39(2)15-19-46(20-16-39)33(22-41)21-35(42)34-5-3-4-6-36(34)49/h3-6,8-11,21-22,28-30,49H,7,12-20,23-27,41-42H2,1-2H3,(H,43,48,50)/b33-22+,35-21-. The predicted octanol–water partition coefficient (Wildman–Crippen LogP) is 3.81. The number of hydrogen-bond acceptors (Lipinski definition) is 9. The van der Waals surface area contributed by atoms with Crippen molar-refractivity contribution in [3.63, 3.8) is 0 Å². The van der Waals surface area contributed by atoms with E-state index in [2.05, 4.69) is 63.0 Å². The number of nitrogens with two attached hydrogens (primary N) is 2. The van der Waals surface area contributed by atoms with Crippen molar-refractivity contribution in [3.05, 3.63) is 77.6 Å². The Hall–Kier alpha value is -4.51. The van der Waals surface area contributed by atoms with Gasteiger partial charge in [0.1, 0.15) is 5.75 Å². The zero-order valence-electron chi connectivity index (χ0n) is 30.2. The molecule has 4 heterocycles. The minimum atomic E-state index is -0.378. The Morgan fingerprint density at radius 2 is 1.65 bits per heavy atom. The second-order valence-electron chi connectivity index (χ2n) is 15.7. The van der Waals surface area contributed by atoms with Gasteiger partial charge in [-0.25, -0.2) is 0 Å². The first-order chi connectivity index (χ1) is 24.5. The number of phenolic OH excluding ortho intramolecular Hbond substituents is 1. The van der Waals surface area contributed by atoms with Gasteiger partial charge in [0.25, 0.3) is 0 Å². The number of aromatic hydroxyl groups is 1. The van der Waals surface area contributed by atoms with E-state index in [0.29, 0.717) is 36.4 Å². The third-order valence-electron chi connectivity index (χ3n) is 11.9. The van der Waals surface area contributed by atoms with Crippen LogP contribution in [0.25, 0.3) is 5.70 Å². The lowest BCUT2D eigenvalue weighted by atomic mass is 9.70. The van der Waals surface area contributed by atoms with Crippen LogP contribution in [0.15, 0.2) is 66.5 Å². The second kappa shape index (κ2) is 15.4. The number of likely N-dealkylation sites (tertiary alicyclic amines) is 3. The number of imide groups is 1. The maximum atomic E-state index is 13.7. The monoisotopic (exact) mass is 697 g/mol. The largest absolute Gasteiger partial charge is 0.507 e. The molecule has 274 valence electrons. The molecular formula is C40H55N7O4. The highest BCUT2D eigenvalue weighted by Crippen LogP contribution is 2.44. The Balaban J connectivity index is 0.893. The lowest BCUT2D eigenvalue weighted by Gasteiger charge is -2.62. The first kappa shape index (κ1) is 36.3. The molecule has 4 fully saturated rings. The number of carbonyl (C=O) groups excluding carboxylic acids is 3. The molecular weight excluding hydrogens is 642 g/mol. The van der Waals surface area contributed by atoms with E-state index in [1.165, 1.54) is 24.1 Å². The fourth-order valence-electron chi connectivity index (χ4n) is 8.60. The van der Waals surface area contributed by atoms with Crippen LogP contribution in [0.1, 0.15) is 69.4 Å². The quantitative estimate of drug-likeness (QED) is 0.192. The SMILES string of the molecule is CC(CCC(=O)NC=O)c1ccc(N2CCC(CN3CC4(C3)CN(C(=O)C3(C)CCN(C(/C=C(\N)c5ccccc5O)=C/N)CC3)C4)CC2)cc1. The summed E-state index contributed by atoms with van der Waals surface area (Å²) in [6, 6.07) is 15.7. The van der Waals surface area contributed by atoms with Gasteiger partial charge in [0, 0.05) is 99.3 Å². The highest BCUT2D eigenvalue weighted by atomic mass is 16.3. The topological polar surface area (TPSA) is 148 Å². The van der Waals surface area contributed by atoms with E-state index in [4.69, 9.17) is 11.5 Å². The highest BCUT2D eigenvalue weighted by molar-refractivity contribution is 5.85. The maximum absolute atomic E-state index is 13.7. The van der Waals surface area contributed by atoms with Gasteiger partial charge in [-0.2, -0.15) is 0 Å². The second-order valence-corrected chi connectivity index (χ2v) is 15.7. The first-order valence-corrected chi connectivity index (χ1v) is 18.5. The van der Waals surface area contributed by atoms with Gasteiger partial charge >= 0.3 is 0 Å². The van der Waals surface area contributed by atoms with E-state index in [9.17, 15) is 19.5 Å². The fraction of sp³-hybridized carbons (Fsp3) is 0.525. The summed E-state index contributed by atoms with van der Waals surface area (Å²) in [5.74, 6) is 1.14. The van der Waals surface area contributed by atoms with Crippen LogP contribution in [-0.2, 0) is 14.4 Å². The summed E-state index contributed by atoms with van der Waals surface area (Å²) in [4.78, 5) is 45.1. The normalized spacial score (nSPS) is 21.5. The highest BCUT2D eigenvalue weighted by Gasteiger charge is 2.55. The lowest BCUT2D eigenvalue weighted by Crippen LogP contribution is -2.74. The summed E-state index contributed by atoms with van der Waals surface area (Å²) in [6.07, 6.45) is 8.74. The number of nitrogens with zero attached hydrogens (tertiary/aromatic N) is 4. The van der Waals surface area contributed by atoms with Crippen molar-refractivity contribution in [2.45, 2.75) is 58.3 Å². The number of hydrogen-bond donors (Lipinski definition) is 4. The van der Waals surface area contributed by atoms with Gasteiger partial charge in [0.05, 0.1) is 5.70 Å². The molecule has 11 nitrogen and oxygen atoms in total. The third kappa shape index (κ3) is 8.19. The van der Waals surface area contributed by atoms with Crippen LogP contribution in [0.3, 0.4) is 0 Å². The van der Waals surface area contributed by atoms with Gasteiger partial charge in [0.2, 0.25) is 18.2 Å². The van der Waals surface area contributed by atoms with Gasteiger partial charge in [-0.15, -0.1) is 0 Å². The smallest absolute Gasteiger partial charge is 0.228 e. The van der Waals surface area contributed by atoms with Crippen molar-refractivity contribution in [3.8, 4) is 5.75 Å². The number of anilines is 1. The Kier molecular flexibility index (Phi) is 10.9. The molecule has 2 aromatic carbocycles. The maximum Gasteiger partial charge on any atom is 0.228 e. The van der Waals surface area contributed by atoms with Gasteiger partial charge in [0.15, 0.2) is 0 Å². The van der Waals surface area contributed by atoms with Crippen LogP contribution >= 0.6 is 0 Å². The Morgan fingerprint density at radius 1 is 0.980 bits per heavy atom. The van der Waals surface area contributed by atoms with Crippen LogP contribution in [0.4, 0.5) is 5.69 Å². The van der Waals surface area contributed by atoms with Crippen LogP contribution in [0.2, 0.25) is 0 Å². The van der Waals surface area contributed by atoms with E-state index in [0.717, 1.165) is 77.4 Å². The number of phenols is 1. The molecule has 4 aliphatic heterocycles. The van der Waals surface area contributed by atoms with Crippen LogP contribution in [-0.4, -0.2) is 96.9 Å². The summed E-state index contributed by atoms with van der Waals surface area (Å²) in [7, 11) is 0. The minimum Gasteiger partial charge on any atom is -0.507 e. The van der Waals surface area contributed by atoms with Gasteiger partial charge in [-0.1, -0.05) is 38.1 Å². The summed E-state index contributed by atoms with van der Waals surface area (Å²) in [6.45, 7) is 12.9. The number of benzene rings is 2. The molecule has 1 unspecified atom stereocenters. The number of carbonyl (C=O) groups is 3. The van der Waals surface area contributed by atoms with Crippen molar-refractivity contribution in [1.29, 1.82) is 0 Å². The molecule has 51 heavy (non-hydrogen) atoms. The molecule has 6 N–H and O–H groups in total. The first-order valence-electron chi connectivity index (χ1n) is 18.5. The van der Waals surface area contributed by atoms with Gasteiger partial charge in [-0.3, -0.25) is 19.7 Å². The Labute approximate surface area is 302 Å². The number of nitrogens with one attached hydrogen (secondary N) is 1. The molecule has 1 spiro atoms. The zero-order valence-corrected chi connectivity index (χ0v) is 30.2. The van der Waals surface area contributed by atoms with Crippen LogP contribution in [0, 0.1) is 16.7 Å². The van der Waals surface area contributed by atoms with Crippen molar-refractivity contribution >= 4 is 29.6 Å². The molecule has 2 aromatic rings. The number of allylic oxidation sites excluding steroid dienone is 1. The molecule has 6 rings (SSSR count). The lowest BCUT2D eigenvalue weighted by molar-refractivity contribution is -0.171. The summed E-state index contributed by atoms with van der Waals surface area (Å²) < 4.78 is 0. The predicted molar refractivity (Wildman–Crippen MR) is 200 cm³/mol. The van der Waals surface area contributed by atoms with Crippen molar-refractivity contribution in [1.82, 2.24) is 20.0 Å². The molecule has 4 saturated heterocycles. The van der Waals surface area contributed by atoms with Gasteiger partial charge in [-0.05, 0) is 79.8 Å². The molecule has 4 aliphatic rings. The molecule has 0 saturated carbocycles. The molecule has 0 radical (unpaired) electrons. The number of piperidine rings is 2. The van der Waals surface area contributed by atoms with Crippen molar-refractivity contribution in [2.75, 3.05) is 63.8 Å². The van der Waals surface area contributed by atoms with Crippen molar-refractivity contribution in [2.24, 2.45) is 28.2 Å². The number of rotatable bonds is 12. The van der Waals surface area contributed by atoms with Crippen LogP contribution in [0.5, 0.6) is 5.75 Å². The zero-order chi connectivity index (χ0) is 36.2. The number of para-hydroxylation sites is 1. The molecule has 11 heteroatoms. The number of amides is 3. The summed E-state index contributed by atoms with van der Waals surface area (Å²) >= 11 is 0. The molecule has 0 aliphatic carbocycles. The molecule has 0 aromatic heterocycles. The average Bonchev–Trinajstić information content (AvgIpc) is 3.10. The average molecular weight is 698 g/mol. The molecule has 1 atom stereocenters. The summed E-state index contributed by atoms with van der Waals surface area (Å²) in [5, 5.41) is 12.4. The molecule has 0 bridgehead atoms. The third-order valence-corrected chi connectivity index (χ3v) is 11.9. The van der Waals surface area contributed by atoms with E-state index >= 15 is 0 Å². The van der Waals surface area contributed by atoms with E-state index < -0.39 is 0 Å². The van der Waals surface area contributed by atoms with Crippen molar-refractivity contribution < 1.29 is 19.5 Å². The Morgan fingerprint density at radius 3 is 2.27 bits per heavy atom.